The molecule has 0 bridgehead atoms. The van der Waals surface area contributed by atoms with Crippen LogP contribution in [0.3, 0.4) is 0 Å². The zero-order chi connectivity index (χ0) is 15.4. The van der Waals surface area contributed by atoms with Crippen LogP contribution >= 0.6 is 0 Å². The molecule has 0 saturated heterocycles. The van der Waals surface area contributed by atoms with Crippen LogP contribution in [0.1, 0.15) is 24.1 Å². The van der Waals surface area contributed by atoms with E-state index in [2.05, 4.69) is 0 Å². The Bertz CT molecular complexity index is 519. The lowest BCUT2D eigenvalue weighted by Gasteiger charge is -2.36. The van der Waals surface area contributed by atoms with E-state index in [-0.39, 0.29) is 12.1 Å². The number of carbonyl (C=O) groups excluding carboxylic acids is 1. The highest BCUT2D eigenvalue weighted by molar-refractivity contribution is 5.69. The van der Waals surface area contributed by atoms with E-state index in [0.717, 1.165) is 17.5 Å². The molecule has 116 valence electrons. The Morgan fingerprint density at radius 1 is 1.33 bits per heavy atom. The van der Waals surface area contributed by atoms with E-state index in [1.807, 2.05) is 12.1 Å². The summed E-state index contributed by atoms with van der Waals surface area (Å²) < 4.78 is 15.8. The van der Waals surface area contributed by atoms with E-state index < -0.39 is 0 Å². The first-order valence-corrected chi connectivity index (χ1v) is 7.04. The molecule has 1 heterocycles. The van der Waals surface area contributed by atoms with Crippen molar-refractivity contribution in [2.45, 2.75) is 19.4 Å². The normalized spacial score (nSPS) is 17.1. The number of fused-ring (bicyclic) bond motifs is 1. The van der Waals surface area contributed by atoms with Gasteiger partial charge >= 0.3 is 6.09 Å². The number of methoxy groups -OCH3 is 2. The summed E-state index contributed by atoms with van der Waals surface area (Å²) in [5.41, 5.74) is 8.01. The molecule has 0 radical (unpaired) electrons. The second kappa shape index (κ2) is 6.67. The number of ether oxygens (including phenoxy) is 3. The highest BCUT2D eigenvalue weighted by Gasteiger charge is 2.32. The quantitative estimate of drug-likeness (QED) is 0.915. The van der Waals surface area contributed by atoms with Crippen LogP contribution in [0.4, 0.5) is 4.79 Å². The third-order valence-electron chi connectivity index (χ3n) is 3.73. The summed E-state index contributed by atoms with van der Waals surface area (Å²) in [6, 6.07) is 3.66. The monoisotopic (exact) mass is 294 g/mol. The Labute approximate surface area is 124 Å². The second-order valence-electron chi connectivity index (χ2n) is 4.80. The lowest BCUT2D eigenvalue weighted by Crippen LogP contribution is -2.43. The van der Waals surface area contributed by atoms with Crippen molar-refractivity contribution in [3.05, 3.63) is 23.3 Å². The van der Waals surface area contributed by atoms with Gasteiger partial charge in [-0.3, -0.25) is 4.90 Å². The molecule has 0 saturated carbocycles. The predicted molar refractivity (Wildman–Crippen MR) is 78.8 cm³/mol. The number of benzene rings is 1. The summed E-state index contributed by atoms with van der Waals surface area (Å²) in [7, 11) is 3.20. The van der Waals surface area contributed by atoms with Crippen LogP contribution in [0, 0.1) is 0 Å². The summed E-state index contributed by atoms with van der Waals surface area (Å²) in [5.74, 6) is 1.33. The molecule has 21 heavy (non-hydrogen) atoms. The summed E-state index contributed by atoms with van der Waals surface area (Å²) in [4.78, 5) is 13.7. The first-order chi connectivity index (χ1) is 10.2. The van der Waals surface area contributed by atoms with Crippen molar-refractivity contribution in [1.29, 1.82) is 0 Å². The summed E-state index contributed by atoms with van der Waals surface area (Å²) >= 11 is 0. The van der Waals surface area contributed by atoms with Gasteiger partial charge in [0.05, 0.1) is 26.9 Å². The largest absolute Gasteiger partial charge is 0.493 e. The minimum atomic E-state index is -0.326. The van der Waals surface area contributed by atoms with Crippen molar-refractivity contribution in [3.8, 4) is 11.5 Å². The van der Waals surface area contributed by atoms with Gasteiger partial charge in [0.25, 0.3) is 0 Å². The Morgan fingerprint density at radius 2 is 2.00 bits per heavy atom. The average molecular weight is 294 g/mol. The molecule has 2 N–H and O–H groups in total. The molecule has 6 heteroatoms. The number of hydrogen-bond acceptors (Lipinski definition) is 5. The maximum atomic E-state index is 12.0. The van der Waals surface area contributed by atoms with Gasteiger partial charge in [0.2, 0.25) is 0 Å². The lowest BCUT2D eigenvalue weighted by molar-refractivity contribution is 0.0879. The fourth-order valence-corrected chi connectivity index (χ4v) is 2.71. The standard InChI is InChI=1S/C15H22N2O4/c1-4-21-15(18)17-6-5-10-7-13(19-2)14(20-3)8-11(10)12(17)9-16/h7-8,12H,4-6,9,16H2,1-3H3. The lowest BCUT2D eigenvalue weighted by atomic mass is 9.92. The van der Waals surface area contributed by atoms with E-state index >= 15 is 0 Å². The highest BCUT2D eigenvalue weighted by Crippen LogP contribution is 2.37. The Morgan fingerprint density at radius 3 is 2.57 bits per heavy atom. The molecule has 0 aliphatic carbocycles. The number of carbonyl (C=O) groups is 1. The molecule has 1 unspecified atom stereocenters. The Hall–Kier alpha value is -1.95. The molecule has 0 fully saturated rings. The number of nitrogens with zero attached hydrogens (tertiary/aromatic N) is 1. The molecule has 1 aromatic carbocycles. The average Bonchev–Trinajstić information content (AvgIpc) is 2.52. The van der Waals surface area contributed by atoms with Gasteiger partial charge in [0.1, 0.15) is 0 Å². The van der Waals surface area contributed by atoms with Gasteiger partial charge in [-0.2, -0.15) is 0 Å². The van der Waals surface area contributed by atoms with E-state index in [9.17, 15) is 4.79 Å². The van der Waals surface area contributed by atoms with Gasteiger partial charge in [0, 0.05) is 13.1 Å². The van der Waals surface area contributed by atoms with Crippen LogP contribution in [0.2, 0.25) is 0 Å². The molecule has 6 nitrogen and oxygen atoms in total. The maximum Gasteiger partial charge on any atom is 0.410 e. The van der Waals surface area contributed by atoms with Crippen LogP contribution in [-0.2, 0) is 11.2 Å². The zero-order valence-electron chi connectivity index (χ0n) is 12.7. The molecule has 2 rings (SSSR count). The van der Waals surface area contributed by atoms with Crippen LogP contribution < -0.4 is 15.2 Å². The van der Waals surface area contributed by atoms with Gasteiger partial charge in [0.15, 0.2) is 11.5 Å². The minimum absolute atomic E-state index is 0.201. The van der Waals surface area contributed by atoms with Crippen molar-refractivity contribution in [2.24, 2.45) is 5.73 Å². The van der Waals surface area contributed by atoms with Crippen molar-refractivity contribution in [3.63, 3.8) is 0 Å². The number of nitrogens with two attached hydrogens (primary N) is 1. The van der Waals surface area contributed by atoms with Crippen molar-refractivity contribution >= 4 is 6.09 Å². The number of rotatable bonds is 4. The summed E-state index contributed by atoms with van der Waals surface area (Å²) in [6.45, 7) is 3.07. The maximum absolute atomic E-state index is 12.0. The highest BCUT2D eigenvalue weighted by atomic mass is 16.6. The minimum Gasteiger partial charge on any atom is -0.493 e. The molecule has 1 atom stereocenters. The van der Waals surface area contributed by atoms with E-state index in [1.54, 1.807) is 26.0 Å². The van der Waals surface area contributed by atoms with E-state index in [0.29, 0.717) is 31.2 Å². The zero-order valence-corrected chi connectivity index (χ0v) is 12.7. The third-order valence-corrected chi connectivity index (χ3v) is 3.73. The van der Waals surface area contributed by atoms with Crippen molar-refractivity contribution < 1.29 is 19.0 Å². The van der Waals surface area contributed by atoms with E-state index in [1.165, 1.54) is 0 Å². The smallest absolute Gasteiger partial charge is 0.410 e. The fourth-order valence-electron chi connectivity index (χ4n) is 2.71. The van der Waals surface area contributed by atoms with Crippen LogP contribution in [0.15, 0.2) is 12.1 Å². The van der Waals surface area contributed by atoms with Gasteiger partial charge in [-0.15, -0.1) is 0 Å². The molecule has 1 aliphatic rings. The number of amides is 1. The summed E-state index contributed by atoms with van der Waals surface area (Å²) in [6.07, 6.45) is 0.416. The topological polar surface area (TPSA) is 74.0 Å². The van der Waals surface area contributed by atoms with E-state index in [4.69, 9.17) is 19.9 Å². The van der Waals surface area contributed by atoms with Gasteiger partial charge in [-0.1, -0.05) is 0 Å². The second-order valence-corrected chi connectivity index (χ2v) is 4.80. The Balaban J connectivity index is 2.39. The molecule has 1 aromatic rings. The predicted octanol–water partition coefficient (Wildman–Crippen LogP) is 1.72. The van der Waals surface area contributed by atoms with Crippen molar-refractivity contribution in [2.75, 3.05) is 33.9 Å². The van der Waals surface area contributed by atoms with Gasteiger partial charge < -0.3 is 19.9 Å². The molecule has 1 aliphatic heterocycles. The van der Waals surface area contributed by atoms with Gasteiger partial charge in [-0.05, 0) is 36.6 Å². The summed E-state index contributed by atoms with van der Waals surface area (Å²) in [5, 5.41) is 0. The molecular weight excluding hydrogens is 272 g/mol. The number of hydrogen-bond donors (Lipinski definition) is 1. The fraction of sp³-hybridized carbons (Fsp3) is 0.533. The first kappa shape index (κ1) is 15.4. The molecule has 0 aromatic heterocycles. The molecular formula is C15H22N2O4. The van der Waals surface area contributed by atoms with Crippen LogP contribution in [0.25, 0.3) is 0 Å². The Kier molecular flexibility index (Phi) is 4.90. The molecule has 0 spiro atoms. The van der Waals surface area contributed by atoms with Crippen LogP contribution in [0.5, 0.6) is 11.5 Å². The molecule has 1 amide bonds. The van der Waals surface area contributed by atoms with Gasteiger partial charge in [-0.25, -0.2) is 4.79 Å². The third kappa shape index (κ3) is 2.90. The van der Waals surface area contributed by atoms with Crippen molar-refractivity contribution in [1.82, 2.24) is 4.90 Å². The van der Waals surface area contributed by atoms with Crippen LogP contribution in [-0.4, -0.2) is 44.9 Å². The SMILES string of the molecule is CCOC(=O)N1CCc2cc(OC)c(OC)cc2C1CN. The first-order valence-electron chi connectivity index (χ1n) is 7.04.